The van der Waals surface area contributed by atoms with Crippen molar-refractivity contribution in [2.75, 3.05) is 26.4 Å². The first-order valence-corrected chi connectivity index (χ1v) is 8.45. The fourth-order valence-electron chi connectivity index (χ4n) is 3.09. The Labute approximate surface area is 123 Å². The van der Waals surface area contributed by atoms with Gasteiger partial charge in [0.2, 0.25) is 10.0 Å². The molecule has 0 aliphatic carbocycles. The maximum absolute atomic E-state index is 13.3. The number of hydrogen-bond acceptors (Lipinski definition) is 4. The highest BCUT2D eigenvalue weighted by molar-refractivity contribution is 7.89. The molecule has 0 bridgehead atoms. The van der Waals surface area contributed by atoms with Crippen molar-refractivity contribution >= 4 is 10.0 Å². The van der Waals surface area contributed by atoms with E-state index in [1.807, 2.05) is 6.92 Å². The lowest BCUT2D eigenvalue weighted by molar-refractivity contribution is 0.0308. The van der Waals surface area contributed by atoms with E-state index in [1.54, 1.807) is 0 Å². The zero-order valence-corrected chi connectivity index (χ0v) is 12.6. The van der Waals surface area contributed by atoms with Crippen LogP contribution in [-0.4, -0.2) is 51.2 Å². The Balaban J connectivity index is 1.92. The molecule has 0 amide bonds. The lowest BCUT2D eigenvalue weighted by atomic mass is 10.0. The summed E-state index contributed by atoms with van der Waals surface area (Å²) in [5.41, 5.74) is 0. The van der Waals surface area contributed by atoms with Crippen LogP contribution >= 0.6 is 0 Å². The number of benzene rings is 1. The highest BCUT2D eigenvalue weighted by Gasteiger charge is 2.50. The predicted octanol–water partition coefficient (Wildman–Crippen LogP) is 1.25. The van der Waals surface area contributed by atoms with Crippen molar-refractivity contribution in [2.45, 2.75) is 24.0 Å². The van der Waals surface area contributed by atoms with E-state index in [-0.39, 0.29) is 23.0 Å². The molecule has 2 aliphatic rings. The molecule has 2 fully saturated rings. The van der Waals surface area contributed by atoms with Gasteiger partial charge in [0.15, 0.2) is 0 Å². The second-order valence-electron chi connectivity index (χ2n) is 5.29. The van der Waals surface area contributed by atoms with Crippen LogP contribution in [0.1, 0.15) is 6.92 Å². The lowest BCUT2D eigenvalue weighted by Gasteiger charge is -2.21. The van der Waals surface area contributed by atoms with Crippen LogP contribution in [0.3, 0.4) is 0 Å². The highest BCUT2D eigenvalue weighted by atomic mass is 32.2. The van der Waals surface area contributed by atoms with Crippen molar-refractivity contribution in [2.24, 2.45) is 5.92 Å². The molecule has 0 radical (unpaired) electrons. The minimum Gasteiger partial charge on any atom is -0.379 e. The van der Waals surface area contributed by atoms with Crippen LogP contribution in [0.15, 0.2) is 29.2 Å². The average molecular weight is 315 g/mol. The fourth-order valence-corrected chi connectivity index (χ4v) is 4.79. The third kappa shape index (κ3) is 2.59. The molecule has 0 saturated carbocycles. The zero-order valence-electron chi connectivity index (χ0n) is 11.7. The maximum atomic E-state index is 13.3. The first kappa shape index (κ1) is 14.9. The van der Waals surface area contributed by atoms with Gasteiger partial charge in [0.1, 0.15) is 5.82 Å². The molecule has 3 rings (SSSR count). The summed E-state index contributed by atoms with van der Waals surface area (Å²) >= 11 is 0. The number of nitrogens with zero attached hydrogens (tertiary/aromatic N) is 1. The maximum Gasteiger partial charge on any atom is 0.243 e. The molecule has 3 atom stereocenters. The number of sulfonamides is 1. The Bertz CT molecular complexity index is 621. The highest BCUT2D eigenvalue weighted by Crippen LogP contribution is 2.36. The van der Waals surface area contributed by atoms with Gasteiger partial charge in [-0.2, -0.15) is 4.31 Å². The molecule has 116 valence electrons. The van der Waals surface area contributed by atoms with Gasteiger partial charge in [-0.3, -0.25) is 0 Å². The van der Waals surface area contributed by atoms with Crippen molar-refractivity contribution < 1.29 is 22.3 Å². The molecule has 7 heteroatoms. The summed E-state index contributed by atoms with van der Waals surface area (Å²) < 4.78 is 51.2. The average Bonchev–Trinajstić information content (AvgIpc) is 3.03. The van der Waals surface area contributed by atoms with Crippen molar-refractivity contribution in [3.63, 3.8) is 0 Å². The smallest absolute Gasteiger partial charge is 0.243 e. The topological polar surface area (TPSA) is 55.8 Å². The largest absolute Gasteiger partial charge is 0.379 e. The van der Waals surface area contributed by atoms with Crippen LogP contribution in [0.5, 0.6) is 0 Å². The molecular weight excluding hydrogens is 297 g/mol. The summed E-state index contributed by atoms with van der Waals surface area (Å²) in [5.74, 6) is -0.510. The quantitative estimate of drug-likeness (QED) is 0.839. The lowest BCUT2D eigenvalue weighted by Crippen LogP contribution is -2.38. The Hall–Kier alpha value is -1.02. The van der Waals surface area contributed by atoms with Crippen molar-refractivity contribution in [3.05, 3.63) is 30.1 Å². The number of hydrogen-bond donors (Lipinski definition) is 0. The van der Waals surface area contributed by atoms with Gasteiger partial charge in [0, 0.05) is 19.1 Å². The van der Waals surface area contributed by atoms with E-state index >= 15 is 0 Å². The van der Waals surface area contributed by atoms with E-state index in [0.717, 1.165) is 6.07 Å². The number of ether oxygens (including phenoxy) is 2. The Morgan fingerprint density at radius 2 is 2.24 bits per heavy atom. The van der Waals surface area contributed by atoms with Gasteiger partial charge in [-0.05, 0) is 25.1 Å². The van der Waals surface area contributed by atoms with Crippen LogP contribution < -0.4 is 0 Å². The van der Waals surface area contributed by atoms with Gasteiger partial charge in [-0.15, -0.1) is 0 Å². The predicted molar refractivity (Wildman–Crippen MR) is 73.8 cm³/mol. The molecule has 1 aromatic rings. The van der Waals surface area contributed by atoms with Gasteiger partial charge >= 0.3 is 0 Å². The molecule has 2 aliphatic heterocycles. The molecule has 2 saturated heterocycles. The standard InChI is InChI=1S/C14H18FNO4S/c1-2-20-14-7-16(13-9-19-8-12(13)14)21(17,18)11-5-3-4-10(15)6-11/h3-6,12-14H,2,7-9H2,1H3/t12-,13+,14-/m0/s1. The Morgan fingerprint density at radius 3 is 2.95 bits per heavy atom. The summed E-state index contributed by atoms with van der Waals surface area (Å²) in [6.07, 6.45) is -0.161. The Morgan fingerprint density at radius 1 is 1.43 bits per heavy atom. The van der Waals surface area contributed by atoms with Gasteiger partial charge in [0.25, 0.3) is 0 Å². The summed E-state index contributed by atoms with van der Waals surface area (Å²) in [6, 6.07) is 4.87. The van der Waals surface area contributed by atoms with Crippen LogP contribution in [-0.2, 0) is 19.5 Å². The summed E-state index contributed by atoms with van der Waals surface area (Å²) in [6.45, 7) is 3.58. The molecule has 0 N–H and O–H groups in total. The summed E-state index contributed by atoms with van der Waals surface area (Å²) in [5, 5.41) is 0. The summed E-state index contributed by atoms with van der Waals surface area (Å²) in [7, 11) is -3.73. The number of rotatable bonds is 4. The molecule has 1 aromatic carbocycles. The van der Waals surface area contributed by atoms with Crippen molar-refractivity contribution in [1.29, 1.82) is 0 Å². The van der Waals surface area contributed by atoms with Crippen molar-refractivity contribution in [3.8, 4) is 0 Å². The monoisotopic (exact) mass is 315 g/mol. The van der Waals surface area contributed by atoms with Crippen LogP contribution in [0.25, 0.3) is 0 Å². The molecule has 0 unspecified atom stereocenters. The van der Waals surface area contributed by atoms with Gasteiger partial charge in [0.05, 0.1) is 30.3 Å². The fraction of sp³-hybridized carbons (Fsp3) is 0.571. The Kier molecular flexibility index (Phi) is 4.00. The van der Waals surface area contributed by atoms with Gasteiger partial charge in [-0.1, -0.05) is 6.07 Å². The van der Waals surface area contributed by atoms with Gasteiger partial charge < -0.3 is 9.47 Å². The molecule has 21 heavy (non-hydrogen) atoms. The summed E-state index contributed by atoms with van der Waals surface area (Å²) in [4.78, 5) is -0.0229. The van der Waals surface area contributed by atoms with Crippen molar-refractivity contribution in [1.82, 2.24) is 4.31 Å². The van der Waals surface area contributed by atoms with E-state index in [4.69, 9.17) is 9.47 Å². The van der Waals surface area contributed by atoms with E-state index in [1.165, 1.54) is 22.5 Å². The van der Waals surface area contributed by atoms with Crippen LogP contribution in [0.4, 0.5) is 4.39 Å². The number of halogens is 1. The van der Waals surface area contributed by atoms with E-state index in [9.17, 15) is 12.8 Å². The van der Waals surface area contributed by atoms with E-state index in [2.05, 4.69) is 0 Å². The third-order valence-electron chi connectivity index (χ3n) is 4.08. The number of fused-ring (bicyclic) bond motifs is 1. The molecular formula is C14H18FNO4S. The van der Waals surface area contributed by atoms with E-state index in [0.29, 0.717) is 26.4 Å². The second kappa shape index (κ2) is 5.64. The third-order valence-corrected chi connectivity index (χ3v) is 5.97. The first-order valence-electron chi connectivity index (χ1n) is 7.01. The molecule has 0 spiro atoms. The second-order valence-corrected chi connectivity index (χ2v) is 7.19. The van der Waals surface area contributed by atoms with Gasteiger partial charge in [-0.25, -0.2) is 12.8 Å². The zero-order chi connectivity index (χ0) is 15.0. The SMILES string of the molecule is CCO[C@H]1CN(S(=O)(=O)c2cccc(F)c2)[C@@H]2COC[C@H]12. The molecule has 2 heterocycles. The van der Waals surface area contributed by atoms with Crippen LogP contribution in [0.2, 0.25) is 0 Å². The minimum absolute atomic E-state index is 0.0229. The minimum atomic E-state index is -3.73. The molecule has 5 nitrogen and oxygen atoms in total. The van der Waals surface area contributed by atoms with E-state index < -0.39 is 15.8 Å². The first-order chi connectivity index (χ1) is 10.0. The molecule has 0 aromatic heterocycles. The normalized spacial score (nSPS) is 29.7. The van der Waals surface area contributed by atoms with Crippen LogP contribution in [0, 0.1) is 11.7 Å².